The van der Waals surface area contributed by atoms with Gasteiger partial charge < -0.3 is 19.3 Å². The third kappa shape index (κ3) is 4.11. The van der Waals surface area contributed by atoms with E-state index in [-0.39, 0.29) is 21.9 Å². The second kappa shape index (κ2) is 10.1. The van der Waals surface area contributed by atoms with Gasteiger partial charge in [-0.05, 0) is 46.7 Å². The summed E-state index contributed by atoms with van der Waals surface area (Å²) in [5, 5.41) is 13.6. The molecule has 5 rings (SSSR count). The molecule has 0 aliphatic carbocycles. The van der Waals surface area contributed by atoms with Gasteiger partial charge in [-0.1, -0.05) is 54.1 Å². The smallest absolute Gasteiger partial charge is 0.300 e. The fourth-order valence-corrected chi connectivity index (χ4v) is 5.06. The van der Waals surface area contributed by atoms with Crippen LogP contribution in [-0.4, -0.2) is 38.1 Å². The maximum Gasteiger partial charge on any atom is 0.300 e. The average molecular weight is 530 g/mol. The second-order valence-corrected chi connectivity index (χ2v) is 9.03. The lowest BCUT2D eigenvalue weighted by Gasteiger charge is -2.27. The number of Topliss-reactive ketones (excluding diaryl/α,β-unsaturated/α-hetero) is 1. The first-order valence-corrected chi connectivity index (χ1v) is 12.1. The Kier molecular flexibility index (Phi) is 6.70. The van der Waals surface area contributed by atoms with E-state index in [0.29, 0.717) is 22.7 Å². The van der Waals surface area contributed by atoms with Crippen LogP contribution in [0.5, 0.6) is 17.2 Å². The molecule has 1 amide bonds. The summed E-state index contributed by atoms with van der Waals surface area (Å²) in [6.07, 6.45) is 0. The number of hydrogen-bond acceptors (Lipinski definition) is 6. The number of benzene rings is 4. The van der Waals surface area contributed by atoms with E-state index in [0.717, 1.165) is 10.8 Å². The quantitative estimate of drug-likeness (QED) is 0.183. The molecule has 1 N–H and O–H groups in total. The number of ether oxygens (including phenoxy) is 3. The van der Waals surface area contributed by atoms with Gasteiger partial charge >= 0.3 is 0 Å². The number of aliphatic hydroxyl groups excluding tert-OH is 1. The average Bonchev–Trinajstić information content (AvgIpc) is 3.21. The maximum absolute atomic E-state index is 13.6. The van der Waals surface area contributed by atoms with Gasteiger partial charge in [-0.15, -0.1) is 0 Å². The maximum atomic E-state index is 13.6. The number of aliphatic hydroxyl groups is 1. The number of methoxy groups -OCH3 is 3. The molecule has 1 aliphatic heterocycles. The highest BCUT2D eigenvalue weighted by Crippen LogP contribution is 2.46. The first-order valence-electron chi connectivity index (χ1n) is 11.7. The summed E-state index contributed by atoms with van der Waals surface area (Å²) in [5.74, 6) is -0.831. The van der Waals surface area contributed by atoms with Crippen LogP contribution in [0, 0.1) is 0 Å². The molecular formula is C30H24ClNO6. The first kappa shape index (κ1) is 25.2. The van der Waals surface area contributed by atoms with Crippen LogP contribution >= 0.6 is 11.6 Å². The lowest BCUT2D eigenvalue weighted by molar-refractivity contribution is -0.132. The molecule has 1 aliphatic rings. The first-order chi connectivity index (χ1) is 18.4. The Balaban J connectivity index is 1.81. The predicted molar refractivity (Wildman–Crippen MR) is 146 cm³/mol. The van der Waals surface area contributed by atoms with Crippen LogP contribution in [0.25, 0.3) is 16.5 Å². The van der Waals surface area contributed by atoms with Crippen molar-refractivity contribution in [3.05, 3.63) is 101 Å². The van der Waals surface area contributed by atoms with Gasteiger partial charge in [0.2, 0.25) is 0 Å². The minimum atomic E-state index is -0.930. The monoisotopic (exact) mass is 529 g/mol. The van der Waals surface area contributed by atoms with Crippen molar-refractivity contribution in [1.29, 1.82) is 0 Å². The molecule has 1 fully saturated rings. The zero-order valence-electron chi connectivity index (χ0n) is 20.9. The fraction of sp³-hybridized carbons (Fsp3) is 0.133. The molecule has 0 saturated carbocycles. The van der Waals surface area contributed by atoms with E-state index in [4.69, 9.17) is 25.8 Å². The lowest BCUT2D eigenvalue weighted by atomic mass is 9.91. The largest absolute Gasteiger partial charge is 0.507 e. The molecule has 38 heavy (non-hydrogen) atoms. The molecule has 0 radical (unpaired) electrons. The van der Waals surface area contributed by atoms with Crippen LogP contribution in [0.3, 0.4) is 0 Å². The molecular weight excluding hydrogens is 506 g/mol. The van der Waals surface area contributed by atoms with Gasteiger partial charge in [0.05, 0.1) is 43.5 Å². The molecule has 4 aromatic carbocycles. The summed E-state index contributed by atoms with van der Waals surface area (Å²) in [6.45, 7) is 0. The van der Waals surface area contributed by atoms with E-state index in [2.05, 4.69) is 0 Å². The Morgan fingerprint density at radius 2 is 1.53 bits per heavy atom. The number of halogens is 1. The molecule has 7 nitrogen and oxygen atoms in total. The van der Waals surface area contributed by atoms with Crippen LogP contribution < -0.4 is 19.1 Å². The van der Waals surface area contributed by atoms with Gasteiger partial charge in [0, 0.05) is 11.8 Å². The summed E-state index contributed by atoms with van der Waals surface area (Å²) >= 11 is 6.37. The van der Waals surface area contributed by atoms with E-state index in [1.54, 1.807) is 31.4 Å². The van der Waals surface area contributed by atoms with E-state index in [1.165, 1.54) is 31.3 Å². The Bertz CT molecular complexity index is 1590. The van der Waals surface area contributed by atoms with Gasteiger partial charge in [-0.25, -0.2) is 0 Å². The van der Waals surface area contributed by atoms with Gasteiger partial charge in [0.25, 0.3) is 11.7 Å². The number of hydrogen-bond donors (Lipinski definition) is 1. The van der Waals surface area contributed by atoms with Gasteiger partial charge in [0.15, 0.2) is 0 Å². The van der Waals surface area contributed by atoms with Gasteiger partial charge in [-0.3, -0.25) is 14.5 Å². The van der Waals surface area contributed by atoms with E-state index in [9.17, 15) is 14.7 Å². The topological polar surface area (TPSA) is 85.3 Å². The molecule has 0 bridgehead atoms. The van der Waals surface area contributed by atoms with Gasteiger partial charge in [0.1, 0.15) is 23.0 Å². The molecule has 1 saturated heterocycles. The number of fused-ring (bicyclic) bond motifs is 1. The van der Waals surface area contributed by atoms with E-state index in [1.807, 2.05) is 42.5 Å². The fourth-order valence-electron chi connectivity index (χ4n) is 4.82. The molecule has 1 heterocycles. The Hall–Kier alpha value is -4.49. The zero-order chi connectivity index (χ0) is 27.0. The van der Waals surface area contributed by atoms with Gasteiger partial charge in [-0.2, -0.15) is 0 Å². The number of ketones is 1. The van der Waals surface area contributed by atoms with Crippen molar-refractivity contribution in [2.75, 3.05) is 26.2 Å². The summed E-state index contributed by atoms with van der Waals surface area (Å²) in [5.41, 5.74) is 1.24. The highest BCUT2D eigenvalue weighted by atomic mass is 35.5. The molecule has 8 heteroatoms. The highest BCUT2D eigenvalue weighted by Gasteiger charge is 2.47. The number of carbonyl (C=O) groups is 2. The van der Waals surface area contributed by atoms with Crippen molar-refractivity contribution in [2.45, 2.75) is 6.04 Å². The molecule has 4 aromatic rings. The Morgan fingerprint density at radius 1 is 0.842 bits per heavy atom. The van der Waals surface area contributed by atoms with Crippen molar-refractivity contribution in [2.24, 2.45) is 0 Å². The number of anilines is 1. The van der Waals surface area contributed by atoms with Crippen molar-refractivity contribution in [3.8, 4) is 17.2 Å². The normalized spacial score (nSPS) is 16.6. The number of carbonyl (C=O) groups excluding carboxylic acids is 2. The Morgan fingerprint density at radius 3 is 2.21 bits per heavy atom. The van der Waals surface area contributed by atoms with Crippen molar-refractivity contribution < 1.29 is 28.9 Å². The van der Waals surface area contributed by atoms with Crippen LogP contribution in [0.2, 0.25) is 5.02 Å². The van der Waals surface area contributed by atoms with Crippen LogP contribution in [-0.2, 0) is 9.59 Å². The number of rotatable bonds is 6. The number of amides is 1. The summed E-state index contributed by atoms with van der Waals surface area (Å²) in [7, 11) is 4.43. The van der Waals surface area contributed by atoms with Crippen LogP contribution in [0.15, 0.2) is 84.4 Å². The third-order valence-electron chi connectivity index (χ3n) is 6.64. The lowest BCUT2D eigenvalue weighted by Crippen LogP contribution is -2.29. The predicted octanol–water partition coefficient (Wildman–Crippen LogP) is 6.15. The summed E-state index contributed by atoms with van der Waals surface area (Å²) in [4.78, 5) is 28.6. The molecule has 1 unspecified atom stereocenters. The molecule has 0 aromatic heterocycles. The minimum absolute atomic E-state index is 0.0818. The molecule has 192 valence electrons. The minimum Gasteiger partial charge on any atom is -0.507 e. The highest BCUT2D eigenvalue weighted by molar-refractivity contribution is 6.52. The summed E-state index contributed by atoms with van der Waals surface area (Å²) in [6, 6.07) is 22.2. The Labute approximate surface area is 224 Å². The van der Waals surface area contributed by atoms with Crippen molar-refractivity contribution in [3.63, 3.8) is 0 Å². The van der Waals surface area contributed by atoms with E-state index < -0.39 is 23.5 Å². The number of nitrogens with zero attached hydrogens (tertiary/aromatic N) is 1. The second-order valence-electron chi connectivity index (χ2n) is 8.62. The van der Waals surface area contributed by atoms with Crippen LogP contribution in [0.4, 0.5) is 5.69 Å². The summed E-state index contributed by atoms with van der Waals surface area (Å²) < 4.78 is 16.0. The standard InChI is InChI=1S/C30H24ClNO6/c1-36-19-13-11-18(12-14-19)32-27(21-10-6-8-17-7-4-5-9-20(17)21)26(29(34)30(32)35)28(33)22-15-23(31)25(38-3)16-24(22)37-2/h4-16,27,33H,1-3H3/b28-26+. The van der Waals surface area contributed by atoms with E-state index >= 15 is 0 Å². The molecule has 0 spiro atoms. The SMILES string of the molecule is COc1ccc(N2C(=O)C(=O)/C(=C(/O)c3cc(Cl)c(OC)cc3OC)C2c2cccc3ccccc23)cc1. The van der Waals surface area contributed by atoms with Crippen molar-refractivity contribution >= 4 is 45.5 Å². The van der Waals surface area contributed by atoms with Crippen LogP contribution in [0.1, 0.15) is 17.2 Å². The third-order valence-corrected chi connectivity index (χ3v) is 6.94. The molecule has 1 atom stereocenters. The zero-order valence-corrected chi connectivity index (χ0v) is 21.7. The van der Waals surface area contributed by atoms with Crippen molar-refractivity contribution in [1.82, 2.24) is 0 Å².